The van der Waals surface area contributed by atoms with Crippen LogP contribution in [0.4, 0.5) is 11.5 Å². The molecule has 7 heteroatoms. The molecule has 3 rings (SSSR count). The third-order valence-corrected chi connectivity index (χ3v) is 4.35. The largest absolute Gasteiger partial charge is 0.495 e. The van der Waals surface area contributed by atoms with Crippen LogP contribution in [-0.4, -0.2) is 23.2 Å². The smallest absolute Gasteiger partial charge is 0.276 e. The number of aryl methyl sites for hydroxylation is 1. The molecule has 1 heterocycles. The summed E-state index contributed by atoms with van der Waals surface area (Å²) in [5.74, 6) is 0.695. The molecule has 0 radical (unpaired) electrons. The lowest BCUT2D eigenvalue weighted by molar-refractivity contribution is 0.102. The predicted octanol–water partition coefficient (Wildman–Crippen LogP) is 4.31. The second-order valence-corrected chi connectivity index (χ2v) is 6.31. The average molecular weight is 383 g/mol. The first-order valence-electron chi connectivity index (χ1n) is 8.34. The first-order valence-corrected chi connectivity index (χ1v) is 8.71. The molecule has 1 amide bonds. The summed E-state index contributed by atoms with van der Waals surface area (Å²) in [7, 11) is 1.52. The number of methoxy groups -OCH3 is 1. The van der Waals surface area contributed by atoms with Gasteiger partial charge in [0, 0.05) is 17.6 Å². The highest BCUT2D eigenvalue weighted by Gasteiger charge is 2.13. The second-order valence-electron chi connectivity index (χ2n) is 5.90. The zero-order chi connectivity index (χ0) is 19.2. The summed E-state index contributed by atoms with van der Waals surface area (Å²) in [6.45, 7) is 2.48. The molecule has 27 heavy (non-hydrogen) atoms. The van der Waals surface area contributed by atoms with E-state index in [1.54, 1.807) is 24.3 Å². The van der Waals surface area contributed by atoms with E-state index in [4.69, 9.17) is 16.3 Å². The number of nitrogens with one attached hydrogen (secondary N) is 2. The minimum atomic E-state index is -0.378. The van der Waals surface area contributed by atoms with E-state index in [-0.39, 0.29) is 11.6 Å². The first kappa shape index (κ1) is 18.7. The van der Waals surface area contributed by atoms with Gasteiger partial charge < -0.3 is 15.4 Å². The number of benzene rings is 2. The van der Waals surface area contributed by atoms with Crippen molar-refractivity contribution in [3.05, 3.63) is 76.4 Å². The highest BCUT2D eigenvalue weighted by Crippen LogP contribution is 2.31. The van der Waals surface area contributed by atoms with Gasteiger partial charge in [0.15, 0.2) is 5.69 Å². The Morgan fingerprint density at radius 2 is 1.89 bits per heavy atom. The Morgan fingerprint density at radius 1 is 1.11 bits per heavy atom. The number of anilines is 2. The lowest BCUT2D eigenvalue weighted by Gasteiger charge is -2.12. The molecule has 0 aliphatic rings. The van der Waals surface area contributed by atoms with Crippen LogP contribution >= 0.6 is 11.6 Å². The van der Waals surface area contributed by atoms with Gasteiger partial charge in [-0.25, -0.2) is 0 Å². The molecular weight excluding hydrogens is 364 g/mol. The Morgan fingerprint density at radius 3 is 2.56 bits per heavy atom. The van der Waals surface area contributed by atoms with Gasteiger partial charge in [-0.3, -0.25) is 4.79 Å². The van der Waals surface area contributed by atoms with Gasteiger partial charge in [-0.2, -0.15) is 0 Å². The monoisotopic (exact) mass is 382 g/mol. The summed E-state index contributed by atoms with van der Waals surface area (Å²) in [5, 5.41) is 14.6. The highest BCUT2D eigenvalue weighted by atomic mass is 35.5. The first-order chi connectivity index (χ1) is 13.1. The van der Waals surface area contributed by atoms with Crippen LogP contribution in [0.25, 0.3) is 0 Å². The number of halogens is 1. The molecule has 138 valence electrons. The number of nitrogens with zero attached hydrogens (tertiary/aromatic N) is 2. The number of ether oxygens (including phenoxy) is 1. The van der Waals surface area contributed by atoms with Crippen LogP contribution in [0.3, 0.4) is 0 Å². The maximum Gasteiger partial charge on any atom is 0.276 e. The molecule has 0 saturated carbocycles. The van der Waals surface area contributed by atoms with E-state index in [0.29, 0.717) is 28.8 Å². The minimum Gasteiger partial charge on any atom is -0.495 e. The van der Waals surface area contributed by atoms with Crippen LogP contribution in [0, 0.1) is 6.92 Å². The van der Waals surface area contributed by atoms with E-state index in [1.807, 2.05) is 37.3 Å². The van der Waals surface area contributed by atoms with Gasteiger partial charge in [0.2, 0.25) is 0 Å². The van der Waals surface area contributed by atoms with Crippen molar-refractivity contribution in [1.82, 2.24) is 10.2 Å². The average Bonchev–Trinajstić information content (AvgIpc) is 2.70. The maximum atomic E-state index is 12.4. The molecule has 2 N–H and O–H groups in total. The van der Waals surface area contributed by atoms with Crippen molar-refractivity contribution in [2.45, 2.75) is 13.5 Å². The lowest BCUT2D eigenvalue weighted by atomic mass is 10.2. The molecule has 0 atom stereocenters. The summed E-state index contributed by atoms with van der Waals surface area (Å²) in [4.78, 5) is 12.4. The molecule has 3 aromatic rings. The molecule has 1 aromatic heterocycles. The zero-order valence-corrected chi connectivity index (χ0v) is 15.7. The van der Waals surface area contributed by atoms with Crippen LogP contribution in [0.15, 0.2) is 54.6 Å². The van der Waals surface area contributed by atoms with Gasteiger partial charge in [-0.1, -0.05) is 41.9 Å². The molecule has 0 unspecified atom stereocenters. The Bertz CT molecular complexity index is 931. The highest BCUT2D eigenvalue weighted by molar-refractivity contribution is 6.31. The van der Waals surface area contributed by atoms with Crippen molar-refractivity contribution in [1.29, 1.82) is 0 Å². The number of aromatic nitrogens is 2. The second kappa shape index (κ2) is 8.51. The number of amides is 1. The molecular formula is C20H19ClN4O2. The summed E-state index contributed by atoms with van der Waals surface area (Å²) in [5.41, 5.74) is 2.69. The van der Waals surface area contributed by atoms with Crippen molar-refractivity contribution in [3.63, 3.8) is 0 Å². The minimum absolute atomic E-state index is 0.204. The van der Waals surface area contributed by atoms with Crippen molar-refractivity contribution in [3.8, 4) is 5.75 Å². The Labute approximate surface area is 162 Å². The third kappa shape index (κ3) is 4.74. The normalized spacial score (nSPS) is 10.3. The van der Waals surface area contributed by atoms with Crippen LogP contribution in [0.1, 0.15) is 21.6 Å². The topological polar surface area (TPSA) is 76.1 Å². The standard InChI is InChI=1S/C20H19ClN4O2/c1-13-10-17(18(27-2)11-15(13)21)23-20(26)16-8-9-19(25-24-16)22-12-14-6-4-3-5-7-14/h3-11H,12H2,1-2H3,(H,22,25)(H,23,26). The molecule has 6 nitrogen and oxygen atoms in total. The third-order valence-electron chi connectivity index (χ3n) is 3.94. The van der Waals surface area contributed by atoms with Crippen molar-refractivity contribution in [2.75, 3.05) is 17.7 Å². The van der Waals surface area contributed by atoms with Crippen LogP contribution < -0.4 is 15.4 Å². The molecule has 0 aliphatic carbocycles. The fourth-order valence-electron chi connectivity index (χ4n) is 2.45. The Balaban J connectivity index is 1.66. The molecule has 0 saturated heterocycles. The molecule has 0 bridgehead atoms. The Hall–Kier alpha value is -3.12. The fraction of sp³-hybridized carbons (Fsp3) is 0.150. The van der Waals surface area contributed by atoms with Gasteiger partial charge in [0.25, 0.3) is 5.91 Å². The molecule has 0 aliphatic heterocycles. The van der Waals surface area contributed by atoms with E-state index in [2.05, 4.69) is 20.8 Å². The summed E-state index contributed by atoms with van der Waals surface area (Å²) >= 11 is 6.09. The van der Waals surface area contributed by atoms with Gasteiger partial charge >= 0.3 is 0 Å². The van der Waals surface area contributed by atoms with Gasteiger partial charge in [0.05, 0.1) is 12.8 Å². The predicted molar refractivity (Wildman–Crippen MR) is 106 cm³/mol. The van der Waals surface area contributed by atoms with E-state index < -0.39 is 0 Å². The molecule has 0 spiro atoms. The maximum absolute atomic E-state index is 12.4. The van der Waals surface area contributed by atoms with Crippen LogP contribution in [0.2, 0.25) is 5.02 Å². The van der Waals surface area contributed by atoms with Crippen molar-refractivity contribution in [2.24, 2.45) is 0 Å². The molecule has 2 aromatic carbocycles. The van der Waals surface area contributed by atoms with E-state index in [1.165, 1.54) is 7.11 Å². The summed E-state index contributed by atoms with van der Waals surface area (Å²) < 4.78 is 5.27. The van der Waals surface area contributed by atoms with Gasteiger partial charge in [-0.15, -0.1) is 10.2 Å². The number of hydrogen-bond acceptors (Lipinski definition) is 5. The summed E-state index contributed by atoms with van der Waals surface area (Å²) in [6.07, 6.45) is 0. The quantitative estimate of drug-likeness (QED) is 0.664. The van der Waals surface area contributed by atoms with E-state index >= 15 is 0 Å². The summed E-state index contributed by atoms with van der Waals surface area (Å²) in [6, 6.07) is 16.7. The fourth-order valence-corrected chi connectivity index (χ4v) is 2.61. The van der Waals surface area contributed by atoms with E-state index in [9.17, 15) is 4.79 Å². The number of rotatable bonds is 6. The van der Waals surface area contributed by atoms with Gasteiger partial charge in [-0.05, 0) is 36.2 Å². The number of hydrogen-bond donors (Lipinski definition) is 2. The number of carbonyl (C=O) groups excluding carboxylic acids is 1. The lowest BCUT2D eigenvalue weighted by Crippen LogP contribution is -2.15. The number of carbonyl (C=O) groups is 1. The SMILES string of the molecule is COc1cc(Cl)c(C)cc1NC(=O)c1ccc(NCc2ccccc2)nn1. The van der Waals surface area contributed by atoms with Gasteiger partial charge in [0.1, 0.15) is 11.6 Å². The van der Waals surface area contributed by atoms with Crippen LogP contribution in [-0.2, 0) is 6.54 Å². The zero-order valence-electron chi connectivity index (χ0n) is 15.0. The van der Waals surface area contributed by atoms with Crippen LogP contribution in [0.5, 0.6) is 5.75 Å². The van der Waals surface area contributed by atoms with Crippen molar-refractivity contribution >= 4 is 29.0 Å². The van der Waals surface area contributed by atoms with Crippen molar-refractivity contribution < 1.29 is 9.53 Å². The Kier molecular flexibility index (Phi) is 5.88. The molecule has 0 fully saturated rings. The van der Waals surface area contributed by atoms with E-state index in [0.717, 1.165) is 11.1 Å².